The van der Waals surface area contributed by atoms with Crippen LogP contribution in [0.4, 0.5) is 4.39 Å². The molecule has 0 fully saturated rings. The molecule has 0 bridgehead atoms. The summed E-state index contributed by atoms with van der Waals surface area (Å²) in [5.74, 6) is -1.50. The van der Waals surface area contributed by atoms with Crippen molar-refractivity contribution < 1.29 is 18.7 Å². The Morgan fingerprint density at radius 2 is 1.94 bits per heavy atom. The second-order valence-electron chi connectivity index (χ2n) is 7.26. The van der Waals surface area contributed by atoms with Crippen LogP contribution in [0.3, 0.4) is 0 Å². The van der Waals surface area contributed by atoms with Gasteiger partial charge in [0.15, 0.2) is 0 Å². The van der Waals surface area contributed by atoms with Crippen LogP contribution in [-0.4, -0.2) is 28.2 Å². The van der Waals surface area contributed by atoms with Gasteiger partial charge in [0.05, 0.1) is 23.3 Å². The Kier molecular flexibility index (Phi) is 7.41. The van der Waals surface area contributed by atoms with Gasteiger partial charge in [0.2, 0.25) is 0 Å². The molecule has 0 aliphatic carbocycles. The van der Waals surface area contributed by atoms with Gasteiger partial charge >= 0.3 is 5.97 Å². The number of nitrogens with one attached hydrogen (secondary N) is 1. The minimum atomic E-state index is -0.572. The third-order valence-corrected chi connectivity index (χ3v) is 4.81. The molecule has 162 valence electrons. The van der Waals surface area contributed by atoms with Crippen molar-refractivity contribution in [2.45, 2.75) is 32.9 Å². The molecule has 1 heterocycles. The number of hydrogen-bond acceptors (Lipinski definition) is 4. The Bertz CT molecular complexity index is 1070. The molecule has 1 aromatic heterocycles. The molecule has 0 atom stereocenters. The van der Waals surface area contributed by atoms with Gasteiger partial charge in [-0.05, 0) is 37.6 Å². The van der Waals surface area contributed by atoms with Gasteiger partial charge in [-0.3, -0.25) is 14.3 Å². The zero-order valence-corrected chi connectivity index (χ0v) is 18.0. The number of aromatic nitrogens is 2. The Hall–Kier alpha value is -3.19. The van der Waals surface area contributed by atoms with Crippen LogP contribution in [0.5, 0.6) is 0 Å². The molecule has 0 aliphatic heterocycles. The highest BCUT2D eigenvalue weighted by molar-refractivity contribution is 6.33. The van der Waals surface area contributed by atoms with E-state index in [1.165, 1.54) is 12.3 Å². The largest absolute Gasteiger partial charge is 0.461 e. The highest BCUT2D eigenvalue weighted by Gasteiger charge is 2.17. The smallest absolute Gasteiger partial charge is 0.307 e. The van der Waals surface area contributed by atoms with Crippen LogP contribution >= 0.6 is 11.6 Å². The number of carbonyl (C=O) groups excluding carboxylic acids is 2. The van der Waals surface area contributed by atoms with Crippen molar-refractivity contribution in [3.63, 3.8) is 0 Å². The number of ether oxygens (including phenoxy) is 1. The predicted octanol–water partition coefficient (Wildman–Crippen LogP) is 4.79. The number of rotatable bonds is 8. The first-order valence-electron chi connectivity index (χ1n) is 9.87. The van der Waals surface area contributed by atoms with E-state index >= 15 is 0 Å². The van der Waals surface area contributed by atoms with Gasteiger partial charge in [0.25, 0.3) is 5.91 Å². The molecule has 0 spiro atoms. The molecule has 8 heteroatoms. The Balaban J connectivity index is 1.61. The predicted molar refractivity (Wildman–Crippen MR) is 116 cm³/mol. The van der Waals surface area contributed by atoms with Crippen molar-refractivity contribution in [1.82, 2.24) is 15.1 Å². The quantitative estimate of drug-likeness (QED) is 0.508. The summed E-state index contributed by atoms with van der Waals surface area (Å²) in [5.41, 5.74) is 1.99. The lowest BCUT2D eigenvalue weighted by Crippen LogP contribution is -2.26. The number of esters is 1. The molecule has 1 amide bonds. The van der Waals surface area contributed by atoms with Crippen molar-refractivity contribution in [3.8, 4) is 11.3 Å². The Morgan fingerprint density at radius 3 is 2.65 bits per heavy atom. The molecule has 0 aliphatic rings. The van der Waals surface area contributed by atoms with Gasteiger partial charge in [0.1, 0.15) is 12.4 Å². The van der Waals surface area contributed by atoms with Crippen molar-refractivity contribution in [2.24, 2.45) is 0 Å². The lowest BCUT2D eigenvalue weighted by molar-refractivity contribution is -0.144. The van der Waals surface area contributed by atoms with E-state index in [-0.39, 0.29) is 31.2 Å². The van der Waals surface area contributed by atoms with Crippen LogP contribution in [0.1, 0.15) is 42.2 Å². The first kappa shape index (κ1) is 22.5. The number of hydrogen-bond donors (Lipinski definition) is 1. The maximum Gasteiger partial charge on any atom is 0.307 e. The molecular weight excluding hydrogens is 421 g/mol. The fourth-order valence-electron chi connectivity index (χ4n) is 3.05. The molecule has 6 nitrogen and oxygen atoms in total. The van der Waals surface area contributed by atoms with Crippen molar-refractivity contribution in [2.75, 3.05) is 6.54 Å². The average Bonchev–Trinajstić information content (AvgIpc) is 3.14. The summed E-state index contributed by atoms with van der Waals surface area (Å²) in [6, 6.07) is 13.3. The fourth-order valence-corrected chi connectivity index (χ4v) is 3.29. The molecule has 3 rings (SSSR count). The van der Waals surface area contributed by atoms with Crippen molar-refractivity contribution in [1.29, 1.82) is 0 Å². The van der Waals surface area contributed by atoms with Crippen molar-refractivity contribution in [3.05, 3.63) is 76.7 Å². The molecule has 31 heavy (non-hydrogen) atoms. The summed E-state index contributed by atoms with van der Waals surface area (Å²) < 4.78 is 21.1. The minimum Gasteiger partial charge on any atom is -0.461 e. The molecule has 3 aromatic rings. The van der Waals surface area contributed by atoms with Gasteiger partial charge in [-0.25, -0.2) is 4.39 Å². The van der Waals surface area contributed by atoms with E-state index in [1.54, 1.807) is 10.7 Å². The second-order valence-corrected chi connectivity index (χ2v) is 7.67. The molecule has 1 N–H and O–H groups in total. The number of halogens is 2. The van der Waals surface area contributed by atoms with Gasteiger partial charge < -0.3 is 10.1 Å². The first-order chi connectivity index (χ1) is 14.8. The van der Waals surface area contributed by atoms with E-state index in [0.717, 1.165) is 11.6 Å². The number of benzene rings is 2. The zero-order valence-electron chi connectivity index (χ0n) is 17.3. The van der Waals surface area contributed by atoms with Crippen LogP contribution in [0, 0.1) is 5.82 Å². The summed E-state index contributed by atoms with van der Waals surface area (Å²) in [6.45, 7) is 4.10. The summed E-state index contributed by atoms with van der Waals surface area (Å²) >= 11 is 6.24. The third kappa shape index (κ3) is 5.92. The maximum absolute atomic E-state index is 14.2. The highest BCUT2D eigenvalue weighted by Crippen LogP contribution is 2.31. The van der Waals surface area contributed by atoms with Gasteiger partial charge in [-0.1, -0.05) is 41.9 Å². The number of amides is 1. The van der Waals surface area contributed by atoms with Crippen LogP contribution < -0.4 is 5.32 Å². The summed E-state index contributed by atoms with van der Waals surface area (Å²) in [4.78, 5) is 24.4. The normalized spacial score (nSPS) is 10.9. The summed E-state index contributed by atoms with van der Waals surface area (Å²) in [5, 5.41) is 7.20. The second kappa shape index (κ2) is 10.2. The molecule has 0 saturated carbocycles. The molecule has 0 radical (unpaired) electrons. The van der Waals surface area contributed by atoms with Gasteiger partial charge in [-0.2, -0.15) is 5.10 Å². The summed E-state index contributed by atoms with van der Waals surface area (Å²) in [7, 11) is 0. The Morgan fingerprint density at radius 1 is 1.19 bits per heavy atom. The lowest BCUT2D eigenvalue weighted by atomic mass is 10.1. The van der Waals surface area contributed by atoms with Crippen LogP contribution in [-0.2, 0) is 16.1 Å². The van der Waals surface area contributed by atoms with E-state index in [2.05, 4.69) is 10.4 Å². The fraction of sp³-hybridized carbons (Fsp3) is 0.261. The van der Waals surface area contributed by atoms with E-state index in [0.29, 0.717) is 16.3 Å². The van der Waals surface area contributed by atoms with E-state index < -0.39 is 17.7 Å². The molecule has 0 unspecified atom stereocenters. The van der Waals surface area contributed by atoms with E-state index in [1.807, 2.05) is 44.2 Å². The topological polar surface area (TPSA) is 73.2 Å². The molecule has 2 aromatic carbocycles. The van der Waals surface area contributed by atoms with E-state index in [9.17, 15) is 14.0 Å². The van der Waals surface area contributed by atoms with Crippen LogP contribution in [0.25, 0.3) is 11.3 Å². The van der Waals surface area contributed by atoms with Crippen LogP contribution in [0.15, 0.2) is 54.7 Å². The molecule has 0 saturated heterocycles. The standard InChI is InChI=1S/C23H23ClFN3O3/c1-15(2)28-22(20(24)13-27-28)17-10-18(12-19(25)11-17)23(30)26-9-8-21(29)31-14-16-6-4-3-5-7-16/h3-7,10-13,15H,8-9,14H2,1-2H3,(H,26,30). The van der Waals surface area contributed by atoms with Gasteiger partial charge in [0, 0.05) is 23.7 Å². The lowest BCUT2D eigenvalue weighted by Gasteiger charge is -2.13. The first-order valence-corrected chi connectivity index (χ1v) is 10.2. The number of nitrogens with zero attached hydrogens (tertiary/aromatic N) is 2. The Labute approximate surface area is 185 Å². The molecular formula is C23H23ClFN3O3. The SMILES string of the molecule is CC(C)n1ncc(Cl)c1-c1cc(F)cc(C(=O)NCCC(=O)OCc2ccccc2)c1. The minimum absolute atomic E-state index is 0.00458. The maximum atomic E-state index is 14.2. The monoisotopic (exact) mass is 443 g/mol. The number of carbonyl (C=O) groups is 2. The summed E-state index contributed by atoms with van der Waals surface area (Å²) in [6.07, 6.45) is 1.50. The third-order valence-electron chi connectivity index (χ3n) is 4.53. The van der Waals surface area contributed by atoms with Gasteiger partial charge in [-0.15, -0.1) is 0 Å². The van der Waals surface area contributed by atoms with Crippen LogP contribution in [0.2, 0.25) is 5.02 Å². The average molecular weight is 444 g/mol. The zero-order chi connectivity index (χ0) is 22.4. The van der Waals surface area contributed by atoms with E-state index in [4.69, 9.17) is 16.3 Å². The van der Waals surface area contributed by atoms with Crippen molar-refractivity contribution >= 4 is 23.5 Å². The highest BCUT2D eigenvalue weighted by atomic mass is 35.5.